The van der Waals surface area contributed by atoms with Crippen molar-refractivity contribution in [3.8, 4) is 23.0 Å². The van der Waals surface area contributed by atoms with Crippen molar-refractivity contribution < 1.29 is 76.0 Å². The lowest BCUT2D eigenvalue weighted by Crippen LogP contribution is -2.44. The van der Waals surface area contributed by atoms with E-state index in [9.17, 15) is 19.2 Å². The first-order valence-corrected chi connectivity index (χ1v) is 41.1. The quantitative estimate of drug-likeness (QED) is 0.0387. The molecule has 4 aromatic carbocycles. The average Bonchev–Trinajstić information content (AvgIpc) is 0.789. The van der Waals surface area contributed by atoms with Crippen LogP contribution in [-0.4, -0.2) is 102 Å². The molecule has 0 radical (unpaired) electrons. The Morgan fingerprint density at radius 2 is 0.440 bits per heavy atom. The van der Waals surface area contributed by atoms with Gasteiger partial charge in [-0.2, -0.15) is 0 Å². The van der Waals surface area contributed by atoms with Gasteiger partial charge in [-0.25, -0.2) is 0 Å². The number of hydrogen-bond acceptors (Lipinski definition) is 16. The van der Waals surface area contributed by atoms with Crippen LogP contribution in [0.2, 0.25) is 0 Å². The Morgan fingerprint density at radius 1 is 0.275 bits per heavy atom. The van der Waals surface area contributed by atoms with E-state index in [2.05, 4.69) is 215 Å². The minimum Gasteiger partial charge on any atom is -0.465 e. The molecule has 4 aliphatic rings. The highest BCUT2D eigenvalue weighted by molar-refractivity contribution is 5.72. The predicted octanol–water partition coefficient (Wildman–Crippen LogP) is 20.7. The lowest BCUT2D eigenvalue weighted by atomic mass is 9.78. The van der Waals surface area contributed by atoms with E-state index in [4.69, 9.17) is 56.8 Å². The molecular formula is C93H140O16. The molecular weight excluding hydrogens is 1370 g/mol. The van der Waals surface area contributed by atoms with Crippen molar-refractivity contribution in [3.05, 3.63) is 115 Å². The SMILES string of the molecule is CC(C)(C)c1cc(CCC(=O)OCC(COC(=O)CCc2cc(C(C)(C)C)c(OC3CCCCO3)c(C(C)(C)C)c2)(COC(=O)CCc2cc(C(C)(C)C)c(OC3CCCCO3)c(C(C)(C)C)c2)COC(=O)CCc2cc(C(C)(C)C)c(OC3CCCCO3)c(C(C)(C)C)c2)cc(C(C)(C)C)c1OC1CCCCO1. The molecule has 0 aliphatic carbocycles. The molecule has 4 atom stereocenters. The second-order valence-corrected chi connectivity index (χ2v) is 39.9. The van der Waals surface area contributed by atoms with Gasteiger partial charge in [0.2, 0.25) is 0 Å². The first-order valence-electron chi connectivity index (χ1n) is 41.1. The minimum absolute atomic E-state index is 0.0194. The topological polar surface area (TPSA) is 179 Å². The number of carbonyl (C=O) groups excluding carboxylic acids is 4. The number of rotatable bonds is 28. The van der Waals surface area contributed by atoms with Gasteiger partial charge >= 0.3 is 23.9 Å². The van der Waals surface area contributed by atoms with Crippen LogP contribution in [0.15, 0.2) is 48.5 Å². The average molecular weight is 1510 g/mol. The van der Waals surface area contributed by atoms with Gasteiger partial charge in [0, 0.05) is 95.9 Å². The molecule has 4 heterocycles. The molecule has 0 N–H and O–H groups in total. The molecule has 0 saturated carbocycles. The fourth-order valence-electron chi connectivity index (χ4n) is 14.5. The fraction of sp³-hybridized carbons (Fsp3) is 0.699. The maximum Gasteiger partial charge on any atom is 0.306 e. The number of hydrogen-bond donors (Lipinski definition) is 0. The molecule has 16 nitrogen and oxygen atoms in total. The van der Waals surface area contributed by atoms with Crippen molar-refractivity contribution in [3.63, 3.8) is 0 Å². The number of carbonyl (C=O) groups is 4. The highest BCUT2D eigenvalue weighted by atomic mass is 16.7. The summed E-state index contributed by atoms with van der Waals surface area (Å²) in [6.45, 7) is 52.9. The molecule has 16 heteroatoms. The minimum atomic E-state index is -1.58. The van der Waals surface area contributed by atoms with E-state index in [1.54, 1.807) is 0 Å². The molecule has 4 saturated heterocycles. The van der Waals surface area contributed by atoms with Gasteiger partial charge in [-0.15, -0.1) is 0 Å². The Kier molecular flexibility index (Phi) is 29.8. The Balaban J connectivity index is 1.13. The van der Waals surface area contributed by atoms with Gasteiger partial charge in [-0.05, 0) is 143 Å². The molecule has 4 aliphatic heterocycles. The van der Waals surface area contributed by atoms with Crippen LogP contribution in [0.4, 0.5) is 0 Å². The van der Waals surface area contributed by atoms with E-state index in [0.717, 1.165) is 167 Å². The Labute approximate surface area is 656 Å². The summed E-state index contributed by atoms with van der Waals surface area (Å²) in [5, 5.41) is 0. The van der Waals surface area contributed by atoms with Gasteiger partial charge in [-0.1, -0.05) is 215 Å². The highest BCUT2D eigenvalue weighted by Gasteiger charge is 2.41. The van der Waals surface area contributed by atoms with Crippen molar-refractivity contribution in [2.45, 2.75) is 363 Å². The van der Waals surface area contributed by atoms with Crippen LogP contribution in [-0.2, 0) is 126 Å². The molecule has 109 heavy (non-hydrogen) atoms. The summed E-state index contributed by atoms with van der Waals surface area (Å²) in [7, 11) is 0. The van der Waals surface area contributed by atoms with Crippen LogP contribution >= 0.6 is 0 Å². The second-order valence-electron chi connectivity index (χ2n) is 39.9. The van der Waals surface area contributed by atoms with Gasteiger partial charge < -0.3 is 56.8 Å². The second kappa shape index (κ2) is 36.7. The van der Waals surface area contributed by atoms with Gasteiger partial charge in [0.1, 0.15) is 54.8 Å². The van der Waals surface area contributed by atoms with E-state index < -0.39 is 55.7 Å². The zero-order chi connectivity index (χ0) is 80.3. The van der Waals surface area contributed by atoms with Gasteiger partial charge in [-0.3, -0.25) is 19.2 Å². The normalized spacial score (nSPS) is 19.3. The molecule has 4 fully saturated rings. The van der Waals surface area contributed by atoms with Crippen LogP contribution in [0.5, 0.6) is 23.0 Å². The number of ether oxygens (including phenoxy) is 12. The lowest BCUT2D eigenvalue weighted by molar-refractivity contribution is -0.170. The van der Waals surface area contributed by atoms with Crippen LogP contribution < -0.4 is 18.9 Å². The van der Waals surface area contributed by atoms with Gasteiger partial charge in [0.15, 0.2) is 25.2 Å². The van der Waals surface area contributed by atoms with Crippen molar-refractivity contribution in [2.24, 2.45) is 5.41 Å². The standard InChI is InChI=1S/C93H140O16/c1-85(2,3)65-49-61(50-66(86(4,5)6)81(65)106-77-33-25-29-45-98-77)37-41-73(94)102-57-93(58-103-74(95)42-38-62-51-67(87(7,8)9)82(68(52-62)88(10,11)12)107-78-34-26-30-46-99-78,59-104-75(96)43-39-63-53-69(89(13,14)15)83(70(54-63)90(16,17)18)108-79-35-27-31-47-100-79)60-105-76(97)44-40-64-55-71(91(19,20)21)84(72(56-64)92(22,23)24)109-80-36-28-32-48-101-80/h49-56,77-80H,25-48,57-60H2,1-24H3. The molecule has 608 valence electrons. The number of esters is 4. The van der Waals surface area contributed by atoms with E-state index in [1.165, 1.54) is 0 Å². The molecule has 0 aromatic heterocycles. The zero-order valence-corrected chi connectivity index (χ0v) is 71.8. The maximum atomic E-state index is 14.7. The van der Waals surface area contributed by atoms with E-state index in [0.29, 0.717) is 52.1 Å². The molecule has 4 aromatic rings. The molecule has 0 spiro atoms. The van der Waals surface area contributed by atoms with E-state index >= 15 is 0 Å². The molecule has 4 unspecified atom stereocenters. The molecule has 0 bridgehead atoms. The van der Waals surface area contributed by atoms with Crippen LogP contribution in [0.3, 0.4) is 0 Å². The third kappa shape index (κ3) is 25.9. The number of aryl methyl sites for hydroxylation is 4. The maximum absolute atomic E-state index is 14.7. The lowest BCUT2D eigenvalue weighted by Gasteiger charge is -2.33. The fourth-order valence-corrected chi connectivity index (χ4v) is 14.5. The highest BCUT2D eigenvalue weighted by Crippen LogP contribution is 2.48. The van der Waals surface area contributed by atoms with E-state index in [-0.39, 0.29) is 94.2 Å². The van der Waals surface area contributed by atoms with Crippen molar-refractivity contribution >= 4 is 23.9 Å². The van der Waals surface area contributed by atoms with Crippen LogP contribution in [0.1, 0.15) is 336 Å². The summed E-state index contributed by atoms with van der Waals surface area (Å²) in [6.07, 6.45) is 11.1. The first kappa shape index (κ1) is 88.4. The predicted molar refractivity (Wildman–Crippen MR) is 432 cm³/mol. The molecule has 0 amide bonds. The third-order valence-electron chi connectivity index (χ3n) is 21.2. The Bertz CT molecular complexity index is 3060. The summed E-state index contributed by atoms with van der Waals surface area (Å²) in [5.74, 6) is 1.10. The first-order chi connectivity index (χ1) is 50.7. The summed E-state index contributed by atoms with van der Waals surface area (Å²) >= 11 is 0. The summed E-state index contributed by atoms with van der Waals surface area (Å²) in [4.78, 5) is 58.8. The Hall–Kier alpha value is -6.20. The summed E-state index contributed by atoms with van der Waals surface area (Å²) < 4.78 is 77.2. The van der Waals surface area contributed by atoms with Crippen LogP contribution in [0, 0.1) is 5.41 Å². The Morgan fingerprint density at radius 3 is 0.578 bits per heavy atom. The largest absolute Gasteiger partial charge is 0.465 e. The van der Waals surface area contributed by atoms with E-state index in [1.807, 2.05) is 0 Å². The van der Waals surface area contributed by atoms with Crippen molar-refractivity contribution in [2.75, 3.05) is 52.9 Å². The summed E-state index contributed by atoms with van der Waals surface area (Å²) in [6, 6.07) is 17.1. The van der Waals surface area contributed by atoms with Crippen molar-refractivity contribution in [1.29, 1.82) is 0 Å². The zero-order valence-electron chi connectivity index (χ0n) is 71.8. The third-order valence-corrected chi connectivity index (χ3v) is 21.2. The summed E-state index contributed by atoms with van der Waals surface area (Å²) in [5.41, 5.74) is 7.65. The molecule has 8 rings (SSSR count). The van der Waals surface area contributed by atoms with Gasteiger partial charge in [0.05, 0.1) is 26.4 Å². The monoisotopic (exact) mass is 1510 g/mol. The smallest absolute Gasteiger partial charge is 0.306 e. The number of benzene rings is 4. The van der Waals surface area contributed by atoms with Gasteiger partial charge in [0.25, 0.3) is 0 Å². The van der Waals surface area contributed by atoms with Crippen LogP contribution in [0.25, 0.3) is 0 Å². The van der Waals surface area contributed by atoms with Crippen molar-refractivity contribution in [1.82, 2.24) is 0 Å².